The molecule has 2 rings (SSSR count). The van der Waals surface area contributed by atoms with Crippen LogP contribution in [0.2, 0.25) is 0 Å². The average molecular weight is 276 g/mol. The average Bonchev–Trinajstić information content (AvgIpc) is 2.92. The Bertz CT molecular complexity index is 555. The van der Waals surface area contributed by atoms with Crippen LogP contribution in [-0.2, 0) is 0 Å². The number of aromatic nitrogens is 4. The van der Waals surface area contributed by atoms with Crippen molar-refractivity contribution in [3.8, 4) is 5.75 Å². The highest BCUT2D eigenvalue weighted by Crippen LogP contribution is 2.17. The second-order valence-electron chi connectivity index (χ2n) is 4.37. The van der Waals surface area contributed by atoms with Gasteiger partial charge in [0.1, 0.15) is 12.4 Å². The molecule has 0 spiro atoms. The van der Waals surface area contributed by atoms with E-state index < -0.39 is 5.91 Å². The summed E-state index contributed by atoms with van der Waals surface area (Å²) in [7, 11) is 3.95. The number of ether oxygens (including phenoxy) is 1. The summed E-state index contributed by atoms with van der Waals surface area (Å²) in [6.45, 7) is 1.40. The van der Waals surface area contributed by atoms with Gasteiger partial charge in [-0.05, 0) is 31.4 Å². The number of carbonyl (C=O) groups is 1. The maximum atomic E-state index is 11.7. The van der Waals surface area contributed by atoms with Crippen LogP contribution in [0.3, 0.4) is 0 Å². The number of hydrogen-bond donors (Lipinski definition) is 2. The molecular formula is C12H16N6O2. The van der Waals surface area contributed by atoms with Gasteiger partial charge in [-0.1, -0.05) is 6.07 Å². The second-order valence-corrected chi connectivity index (χ2v) is 4.37. The summed E-state index contributed by atoms with van der Waals surface area (Å²) in [5.74, 6) is 0.255. The van der Waals surface area contributed by atoms with E-state index in [1.54, 1.807) is 18.2 Å². The smallest absolute Gasteiger partial charge is 0.297 e. The molecule has 0 aliphatic heterocycles. The number of hydrogen-bond acceptors (Lipinski definition) is 6. The Kier molecular flexibility index (Phi) is 4.61. The van der Waals surface area contributed by atoms with Gasteiger partial charge in [0.15, 0.2) is 0 Å². The van der Waals surface area contributed by atoms with Gasteiger partial charge in [0.25, 0.3) is 11.7 Å². The van der Waals surface area contributed by atoms with Crippen LogP contribution in [0.5, 0.6) is 5.75 Å². The van der Waals surface area contributed by atoms with E-state index in [1.807, 2.05) is 25.1 Å². The zero-order valence-corrected chi connectivity index (χ0v) is 11.3. The summed E-state index contributed by atoms with van der Waals surface area (Å²) < 4.78 is 5.59. The molecule has 0 saturated carbocycles. The summed E-state index contributed by atoms with van der Waals surface area (Å²) in [6.07, 6.45) is 0. The predicted molar refractivity (Wildman–Crippen MR) is 72.6 cm³/mol. The second kappa shape index (κ2) is 6.62. The van der Waals surface area contributed by atoms with E-state index >= 15 is 0 Å². The fraction of sp³-hybridized carbons (Fsp3) is 0.333. The molecule has 8 nitrogen and oxygen atoms in total. The van der Waals surface area contributed by atoms with Crippen LogP contribution in [0.15, 0.2) is 24.3 Å². The fourth-order valence-corrected chi connectivity index (χ4v) is 1.45. The Morgan fingerprint density at radius 2 is 2.30 bits per heavy atom. The van der Waals surface area contributed by atoms with Crippen molar-refractivity contribution in [3.63, 3.8) is 0 Å². The monoisotopic (exact) mass is 276 g/mol. The van der Waals surface area contributed by atoms with Crippen molar-refractivity contribution in [2.24, 2.45) is 0 Å². The lowest BCUT2D eigenvalue weighted by atomic mass is 10.3. The molecule has 106 valence electrons. The van der Waals surface area contributed by atoms with Gasteiger partial charge in [-0.25, -0.2) is 0 Å². The van der Waals surface area contributed by atoms with Crippen LogP contribution in [0.4, 0.5) is 5.69 Å². The first-order valence-electron chi connectivity index (χ1n) is 6.07. The first-order valence-corrected chi connectivity index (χ1v) is 6.07. The number of anilines is 1. The van der Waals surface area contributed by atoms with Crippen molar-refractivity contribution in [1.29, 1.82) is 0 Å². The van der Waals surface area contributed by atoms with E-state index in [1.165, 1.54) is 0 Å². The zero-order chi connectivity index (χ0) is 14.4. The first-order chi connectivity index (χ1) is 9.65. The standard InChI is InChI=1S/C12H16N6O2/c1-18(2)6-7-20-10-5-3-4-9(8-10)13-12(19)11-14-16-17-15-11/h3-5,8H,6-7H2,1-2H3,(H,13,19)(H,14,15,16,17). The summed E-state index contributed by atoms with van der Waals surface area (Å²) in [6, 6.07) is 7.14. The number of tetrazole rings is 1. The SMILES string of the molecule is CN(C)CCOc1cccc(NC(=O)c2nn[nH]n2)c1. The molecule has 1 aromatic carbocycles. The first kappa shape index (κ1) is 13.9. The van der Waals surface area contributed by atoms with Crippen molar-refractivity contribution in [2.75, 3.05) is 32.6 Å². The third-order valence-electron chi connectivity index (χ3n) is 2.45. The minimum absolute atomic E-state index is 0.0103. The predicted octanol–water partition coefficient (Wildman–Crippen LogP) is 0.392. The maximum absolute atomic E-state index is 11.7. The number of H-pyrrole nitrogens is 1. The number of nitrogens with one attached hydrogen (secondary N) is 2. The summed E-state index contributed by atoms with van der Waals surface area (Å²) in [5.41, 5.74) is 0.613. The van der Waals surface area contributed by atoms with Crippen molar-refractivity contribution in [3.05, 3.63) is 30.1 Å². The van der Waals surface area contributed by atoms with E-state index in [9.17, 15) is 4.79 Å². The Morgan fingerprint density at radius 1 is 1.45 bits per heavy atom. The van der Waals surface area contributed by atoms with Gasteiger partial charge in [0.2, 0.25) is 0 Å². The quantitative estimate of drug-likeness (QED) is 0.792. The van der Waals surface area contributed by atoms with E-state index in [2.05, 4.69) is 25.9 Å². The lowest BCUT2D eigenvalue weighted by molar-refractivity contribution is 0.101. The van der Waals surface area contributed by atoms with E-state index in [-0.39, 0.29) is 5.82 Å². The summed E-state index contributed by atoms with van der Waals surface area (Å²) in [4.78, 5) is 13.8. The molecule has 1 heterocycles. The lowest BCUT2D eigenvalue weighted by Gasteiger charge is -2.11. The summed E-state index contributed by atoms with van der Waals surface area (Å²) >= 11 is 0. The molecular weight excluding hydrogens is 260 g/mol. The molecule has 0 aliphatic rings. The molecule has 0 atom stereocenters. The van der Waals surface area contributed by atoms with Crippen molar-refractivity contribution >= 4 is 11.6 Å². The van der Waals surface area contributed by atoms with Crippen molar-refractivity contribution in [1.82, 2.24) is 25.5 Å². The number of aromatic amines is 1. The van der Waals surface area contributed by atoms with Gasteiger partial charge in [0, 0.05) is 18.3 Å². The number of amides is 1. The lowest BCUT2D eigenvalue weighted by Crippen LogP contribution is -2.19. The molecule has 0 unspecified atom stereocenters. The van der Waals surface area contributed by atoms with Gasteiger partial charge < -0.3 is 15.0 Å². The van der Waals surface area contributed by atoms with Crippen LogP contribution >= 0.6 is 0 Å². The van der Waals surface area contributed by atoms with E-state index in [0.717, 1.165) is 6.54 Å². The molecule has 20 heavy (non-hydrogen) atoms. The number of nitrogens with zero attached hydrogens (tertiary/aromatic N) is 4. The van der Waals surface area contributed by atoms with Crippen LogP contribution in [0.25, 0.3) is 0 Å². The molecule has 1 amide bonds. The van der Waals surface area contributed by atoms with Crippen LogP contribution in [0.1, 0.15) is 10.6 Å². The van der Waals surface area contributed by atoms with Crippen LogP contribution in [-0.4, -0.2) is 58.7 Å². The summed E-state index contributed by atoms with van der Waals surface area (Å²) in [5, 5.41) is 15.4. The molecule has 0 bridgehead atoms. The molecule has 2 N–H and O–H groups in total. The largest absolute Gasteiger partial charge is 0.492 e. The fourth-order valence-electron chi connectivity index (χ4n) is 1.45. The van der Waals surface area contributed by atoms with Crippen LogP contribution in [0, 0.1) is 0 Å². The molecule has 2 aromatic rings. The minimum Gasteiger partial charge on any atom is -0.492 e. The highest BCUT2D eigenvalue weighted by molar-refractivity contribution is 6.01. The molecule has 0 radical (unpaired) electrons. The Balaban J connectivity index is 1.94. The highest BCUT2D eigenvalue weighted by atomic mass is 16.5. The number of benzene rings is 1. The van der Waals surface area contributed by atoms with Gasteiger partial charge in [-0.15, -0.1) is 10.2 Å². The third kappa shape index (κ3) is 4.02. The Labute approximate surface area is 116 Å². The van der Waals surface area contributed by atoms with Gasteiger partial charge in [-0.2, -0.15) is 5.21 Å². The van der Waals surface area contributed by atoms with E-state index in [4.69, 9.17) is 4.74 Å². The zero-order valence-electron chi connectivity index (χ0n) is 11.3. The molecule has 8 heteroatoms. The van der Waals surface area contributed by atoms with E-state index in [0.29, 0.717) is 18.0 Å². The van der Waals surface area contributed by atoms with Gasteiger partial charge >= 0.3 is 0 Å². The Hall–Kier alpha value is -2.48. The number of rotatable bonds is 6. The number of carbonyl (C=O) groups excluding carboxylic acids is 1. The van der Waals surface area contributed by atoms with Gasteiger partial charge in [-0.3, -0.25) is 4.79 Å². The van der Waals surface area contributed by atoms with Crippen molar-refractivity contribution in [2.45, 2.75) is 0 Å². The molecule has 0 aliphatic carbocycles. The topological polar surface area (TPSA) is 96.0 Å². The molecule has 0 saturated heterocycles. The number of likely N-dealkylation sites (N-methyl/N-ethyl adjacent to an activating group) is 1. The molecule has 1 aromatic heterocycles. The Morgan fingerprint density at radius 3 is 3.00 bits per heavy atom. The maximum Gasteiger partial charge on any atom is 0.297 e. The highest BCUT2D eigenvalue weighted by Gasteiger charge is 2.10. The third-order valence-corrected chi connectivity index (χ3v) is 2.45. The molecule has 0 fully saturated rings. The van der Waals surface area contributed by atoms with Crippen molar-refractivity contribution < 1.29 is 9.53 Å². The normalized spacial score (nSPS) is 10.6. The van der Waals surface area contributed by atoms with Gasteiger partial charge in [0.05, 0.1) is 0 Å². The van der Waals surface area contributed by atoms with Crippen LogP contribution < -0.4 is 10.1 Å². The minimum atomic E-state index is -0.427.